The molecule has 1 fully saturated rings. The molecule has 0 aromatic rings. The van der Waals surface area contributed by atoms with Gasteiger partial charge in [0.15, 0.2) is 0 Å². The molecule has 1 heterocycles. The van der Waals surface area contributed by atoms with Gasteiger partial charge < -0.3 is 5.32 Å². The summed E-state index contributed by atoms with van der Waals surface area (Å²) in [5.41, 5.74) is 0. The van der Waals surface area contributed by atoms with E-state index in [1.54, 1.807) is 0 Å². The summed E-state index contributed by atoms with van der Waals surface area (Å²) in [6, 6.07) is 0.702. The highest BCUT2D eigenvalue weighted by Crippen LogP contribution is 2.25. The van der Waals surface area contributed by atoms with Crippen LogP contribution in [-0.2, 0) is 0 Å². The summed E-state index contributed by atoms with van der Waals surface area (Å²) in [4.78, 5) is 0. The molecule has 2 unspecified atom stereocenters. The van der Waals surface area contributed by atoms with Gasteiger partial charge in [-0.2, -0.15) is 11.8 Å². The fourth-order valence-electron chi connectivity index (χ4n) is 1.33. The van der Waals surface area contributed by atoms with E-state index in [1.807, 2.05) is 11.8 Å². The molecule has 1 aliphatic rings. The number of hydrogen-bond acceptors (Lipinski definition) is 2. The molecule has 1 rings (SSSR count). The maximum absolute atomic E-state index is 5.15. The normalized spacial score (nSPS) is 30.2. The van der Waals surface area contributed by atoms with Gasteiger partial charge in [-0.1, -0.05) is 6.92 Å². The summed E-state index contributed by atoms with van der Waals surface area (Å²) in [5, 5.41) is 4.24. The van der Waals surface area contributed by atoms with E-state index in [-0.39, 0.29) is 0 Å². The van der Waals surface area contributed by atoms with Crippen LogP contribution >= 0.6 is 11.8 Å². The van der Waals surface area contributed by atoms with Gasteiger partial charge in [-0.3, -0.25) is 0 Å². The first-order valence-electron chi connectivity index (χ1n) is 4.13. The zero-order chi connectivity index (χ0) is 8.10. The Morgan fingerprint density at radius 1 is 1.73 bits per heavy atom. The van der Waals surface area contributed by atoms with Gasteiger partial charge in [-0.25, -0.2) is 0 Å². The highest BCUT2D eigenvalue weighted by molar-refractivity contribution is 8.00. The molecule has 0 aromatic carbocycles. The van der Waals surface area contributed by atoms with Gasteiger partial charge >= 0.3 is 0 Å². The Kier molecular flexibility index (Phi) is 3.82. The van der Waals surface area contributed by atoms with Crippen molar-refractivity contribution in [3.05, 3.63) is 0 Å². The minimum atomic E-state index is 0.702. The predicted molar refractivity (Wildman–Crippen MR) is 51.8 cm³/mol. The van der Waals surface area contributed by atoms with Crippen LogP contribution in [0.5, 0.6) is 0 Å². The van der Waals surface area contributed by atoms with Crippen molar-refractivity contribution in [2.45, 2.75) is 31.1 Å². The lowest BCUT2D eigenvalue weighted by Crippen LogP contribution is -2.33. The molecule has 0 radical (unpaired) electrons. The first-order chi connectivity index (χ1) is 5.34. The zero-order valence-electron chi connectivity index (χ0n) is 6.97. The number of hydrogen-bond donors (Lipinski definition) is 1. The van der Waals surface area contributed by atoms with Crippen molar-refractivity contribution in [3.8, 4) is 12.3 Å². The van der Waals surface area contributed by atoms with Crippen LogP contribution in [-0.4, -0.2) is 23.6 Å². The Bertz CT molecular complexity index is 150. The van der Waals surface area contributed by atoms with E-state index in [1.165, 1.54) is 12.2 Å². The van der Waals surface area contributed by atoms with Gasteiger partial charge in [0.25, 0.3) is 0 Å². The number of terminal acetylenes is 1. The summed E-state index contributed by atoms with van der Waals surface area (Å²) in [5.74, 6) is 3.94. The summed E-state index contributed by atoms with van der Waals surface area (Å²) in [6.45, 7) is 3.26. The van der Waals surface area contributed by atoms with E-state index in [4.69, 9.17) is 6.42 Å². The van der Waals surface area contributed by atoms with Crippen LogP contribution in [0, 0.1) is 12.3 Å². The van der Waals surface area contributed by atoms with E-state index in [9.17, 15) is 0 Å². The Morgan fingerprint density at radius 3 is 3.09 bits per heavy atom. The lowest BCUT2D eigenvalue weighted by molar-refractivity contribution is 0.521. The highest BCUT2D eigenvalue weighted by Gasteiger charge is 2.22. The number of nitrogens with one attached hydrogen (secondary N) is 1. The van der Waals surface area contributed by atoms with Crippen LogP contribution in [0.3, 0.4) is 0 Å². The van der Waals surface area contributed by atoms with Crippen LogP contribution in [0.2, 0.25) is 0 Å². The average molecular weight is 169 g/mol. The average Bonchev–Trinajstić information content (AvgIpc) is 2.37. The summed E-state index contributed by atoms with van der Waals surface area (Å²) < 4.78 is 0. The summed E-state index contributed by atoms with van der Waals surface area (Å²) >= 11 is 2.05. The maximum atomic E-state index is 5.15. The van der Waals surface area contributed by atoms with E-state index < -0.39 is 0 Å². The molecule has 1 aliphatic heterocycles. The molecule has 0 aliphatic carbocycles. The molecular weight excluding hydrogens is 154 g/mol. The van der Waals surface area contributed by atoms with Crippen molar-refractivity contribution in [1.29, 1.82) is 0 Å². The molecular formula is C9H15NS. The standard InChI is InChI=1S/C9H15NS/c1-3-4-6-10-9-5-7-11-8(9)2/h1,8-10H,4-7H2,2H3. The van der Waals surface area contributed by atoms with Gasteiger partial charge in [-0.05, 0) is 12.2 Å². The SMILES string of the molecule is C#CCCNC1CCSC1C. The lowest BCUT2D eigenvalue weighted by Gasteiger charge is -2.14. The van der Waals surface area contributed by atoms with Crippen molar-refractivity contribution in [1.82, 2.24) is 5.32 Å². The largest absolute Gasteiger partial charge is 0.312 e. The maximum Gasteiger partial charge on any atom is 0.0212 e. The summed E-state index contributed by atoms with van der Waals surface area (Å²) in [7, 11) is 0. The quantitative estimate of drug-likeness (QED) is 0.507. The van der Waals surface area contributed by atoms with Crippen LogP contribution in [0.1, 0.15) is 19.8 Å². The van der Waals surface area contributed by atoms with Crippen molar-refractivity contribution in [3.63, 3.8) is 0 Å². The summed E-state index contributed by atoms with van der Waals surface area (Å²) in [6.07, 6.45) is 7.31. The van der Waals surface area contributed by atoms with Crippen LogP contribution < -0.4 is 5.32 Å². The molecule has 62 valence electrons. The van der Waals surface area contributed by atoms with Gasteiger partial charge in [0.2, 0.25) is 0 Å². The first kappa shape index (κ1) is 8.96. The van der Waals surface area contributed by atoms with Gasteiger partial charge in [-0.15, -0.1) is 12.3 Å². The molecule has 0 amide bonds. The van der Waals surface area contributed by atoms with E-state index >= 15 is 0 Å². The fraction of sp³-hybridized carbons (Fsp3) is 0.778. The highest BCUT2D eigenvalue weighted by atomic mass is 32.2. The minimum Gasteiger partial charge on any atom is -0.312 e. The van der Waals surface area contributed by atoms with E-state index in [0.717, 1.165) is 18.2 Å². The molecule has 0 bridgehead atoms. The number of thioether (sulfide) groups is 1. The van der Waals surface area contributed by atoms with Gasteiger partial charge in [0.1, 0.15) is 0 Å². The second-order valence-electron chi connectivity index (χ2n) is 2.88. The number of rotatable bonds is 3. The van der Waals surface area contributed by atoms with Crippen molar-refractivity contribution in [2.24, 2.45) is 0 Å². The Morgan fingerprint density at radius 2 is 2.55 bits per heavy atom. The topological polar surface area (TPSA) is 12.0 Å². The monoisotopic (exact) mass is 169 g/mol. The van der Waals surface area contributed by atoms with E-state index in [0.29, 0.717) is 6.04 Å². The molecule has 2 heteroatoms. The Balaban J connectivity index is 2.11. The molecule has 11 heavy (non-hydrogen) atoms. The van der Waals surface area contributed by atoms with Crippen LogP contribution in [0.25, 0.3) is 0 Å². The van der Waals surface area contributed by atoms with Crippen molar-refractivity contribution in [2.75, 3.05) is 12.3 Å². The van der Waals surface area contributed by atoms with Crippen LogP contribution in [0.15, 0.2) is 0 Å². The predicted octanol–water partition coefficient (Wildman–Crippen LogP) is 1.49. The minimum absolute atomic E-state index is 0.702. The molecule has 0 aromatic heterocycles. The van der Waals surface area contributed by atoms with Gasteiger partial charge in [0, 0.05) is 24.3 Å². The molecule has 1 nitrogen and oxygen atoms in total. The second kappa shape index (κ2) is 4.69. The van der Waals surface area contributed by atoms with Gasteiger partial charge in [0.05, 0.1) is 0 Å². The van der Waals surface area contributed by atoms with Crippen molar-refractivity contribution >= 4 is 11.8 Å². The molecule has 1 saturated heterocycles. The Labute approximate surface area is 73.3 Å². The Hall–Kier alpha value is -0.130. The smallest absolute Gasteiger partial charge is 0.0212 e. The molecule has 2 atom stereocenters. The lowest BCUT2D eigenvalue weighted by atomic mass is 10.2. The van der Waals surface area contributed by atoms with E-state index in [2.05, 4.69) is 18.2 Å². The molecule has 0 saturated carbocycles. The third-order valence-electron chi connectivity index (χ3n) is 2.05. The van der Waals surface area contributed by atoms with Crippen LogP contribution in [0.4, 0.5) is 0 Å². The second-order valence-corrected chi connectivity index (χ2v) is 4.36. The third-order valence-corrected chi connectivity index (χ3v) is 3.38. The first-order valence-corrected chi connectivity index (χ1v) is 5.18. The zero-order valence-corrected chi connectivity index (χ0v) is 7.79. The molecule has 0 spiro atoms. The van der Waals surface area contributed by atoms with Crippen molar-refractivity contribution < 1.29 is 0 Å². The fourth-order valence-corrected chi connectivity index (χ4v) is 2.56. The molecule has 1 N–H and O–H groups in total. The third kappa shape index (κ3) is 2.76.